The summed E-state index contributed by atoms with van der Waals surface area (Å²) in [5.41, 5.74) is 1.41. The van der Waals surface area contributed by atoms with Crippen molar-refractivity contribution < 1.29 is 14.4 Å². The number of piperidine rings is 2. The highest BCUT2D eigenvalue weighted by molar-refractivity contribution is 9.10. The number of rotatable bonds is 6. The maximum Gasteiger partial charge on any atom is 0.319 e. The van der Waals surface area contributed by atoms with Gasteiger partial charge in [-0.1, -0.05) is 57.9 Å². The van der Waals surface area contributed by atoms with Crippen molar-refractivity contribution in [3.63, 3.8) is 0 Å². The van der Waals surface area contributed by atoms with Crippen molar-refractivity contribution in [2.45, 2.75) is 44.6 Å². The van der Waals surface area contributed by atoms with Crippen LogP contribution in [0.2, 0.25) is 5.02 Å². The number of carbonyl (C=O) groups is 3. The smallest absolute Gasteiger partial charge is 0.319 e. The molecule has 2 fully saturated rings. The summed E-state index contributed by atoms with van der Waals surface area (Å²) in [5, 5.41) is 5.99. The summed E-state index contributed by atoms with van der Waals surface area (Å²) in [6.45, 7) is 2.71. The van der Waals surface area contributed by atoms with Crippen LogP contribution in [-0.4, -0.2) is 59.9 Å². The molecule has 2 aliphatic rings. The highest BCUT2D eigenvalue weighted by Gasteiger charge is 2.33. The molecule has 9 heteroatoms. The molecule has 0 saturated carbocycles. The van der Waals surface area contributed by atoms with Gasteiger partial charge in [-0.3, -0.25) is 9.59 Å². The standard InChI is InChI=1S/C27H32BrClN4O3/c28-21-9-10-23(22(29)18-21)30-27(36)31-24(17-19-7-3-1-4-8-19)26(35)33-15-11-20(12-16-33)25(34)32-13-5-2-6-14-32/h1,3-4,7-10,18,20,24H,2,5-6,11-17H2,(H2,30,31,36)/t24-/m0/s1. The average Bonchev–Trinajstić information content (AvgIpc) is 2.90. The van der Waals surface area contributed by atoms with E-state index in [2.05, 4.69) is 26.6 Å². The Morgan fingerprint density at radius 2 is 1.64 bits per heavy atom. The molecule has 2 aliphatic heterocycles. The van der Waals surface area contributed by atoms with Gasteiger partial charge in [0.1, 0.15) is 6.04 Å². The first-order chi connectivity index (χ1) is 17.4. The Labute approximate surface area is 225 Å². The largest absolute Gasteiger partial charge is 0.342 e. The molecule has 0 bridgehead atoms. The van der Waals surface area contributed by atoms with Gasteiger partial charge in [0, 0.05) is 43.0 Å². The highest BCUT2D eigenvalue weighted by Crippen LogP contribution is 2.26. The molecular formula is C27H32BrClN4O3. The van der Waals surface area contributed by atoms with Crippen LogP contribution in [0.25, 0.3) is 0 Å². The third-order valence-electron chi connectivity index (χ3n) is 6.89. The number of carbonyl (C=O) groups excluding carboxylic acids is 3. The van der Waals surface area contributed by atoms with Gasteiger partial charge in [0.15, 0.2) is 0 Å². The van der Waals surface area contributed by atoms with E-state index in [1.807, 2.05) is 35.2 Å². The zero-order valence-electron chi connectivity index (χ0n) is 20.2. The minimum Gasteiger partial charge on any atom is -0.342 e. The molecule has 2 saturated heterocycles. The number of hydrogen-bond donors (Lipinski definition) is 2. The van der Waals surface area contributed by atoms with Crippen molar-refractivity contribution in [3.05, 3.63) is 63.6 Å². The number of anilines is 1. The van der Waals surface area contributed by atoms with Crippen LogP contribution < -0.4 is 10.6 Å². The maximum absolute atomic E-state index is 13.5. The molecule has 2 aromatic rings. The van der Waals surface area contributed by atoms with Crippen LogP contribution in [0.15, 0.2) is 53.0 Å². The van der Waals surface area contributed by atoms with Crippen molar-refractivity contribution in [2.24, 2.45) is 5.92 Å². The molecular weight excluding hydrogens is 544 g/mol. The number of halogens is 2. The molecule has 0 aliphatic carbocycles. The quantitative estimate of drug-likeness (QED) is 0.504. The van der Waals surface area contributed by atoms with Crippen molar-refractivity contribution in [3.8, 4) is 0 Å². The Bertz CT molecular complexity index is 1070. The van der Waals surface area contributed by atoms with E-state index < -0.39 is 12.1 Å². The lowest BCUT2D eigenvalue weighted by molar-refractivity contribution is -0.142. The summed E-state index contributed by atoms with van der Waals surface area (Å²) >= 11 is 9.59. The van der Waals surface area contributed by atoms with E-state index in [1.165, 1.54) is 6.42 Å². The van der Waals surface area contributed by atoms with Crippen molar-refractivity contribution >= 4 is 51.1 Å². The number of nitrogens with zero attached hydrogens (tertiary/aromatic N) is 2. The van der Waals surface area contributed by atoms with Crippen LogP contribution in [0.1, 0.15) is 37.7 Å². The normalized spacial score (nSPS) is 17.4. The van der Waals surface area contributed by atoms with Crippen LogP contribution >= 0.6 is 27.5 Å². The molecule has 1 atom stereocenters. The van der Waals surface area contributed by atoms with E-state index in [9.17, 15) is 14.4 Å². The third-order valence-corrected chi connectivity index (χ3v) is 7.69. The van der Waals surface area contributed by atoms with Gasteiger partial charge >= 0.3 is 6.03 Å². The molecule has 7 nitrogen and oxygen atoms in total. The summed E-state index contributed by atoms with van der Waals surface area (Å²) in [6, 6.07) is 13.6. The minimum absolute atomic E-state index is 0.0319. The fourth-order valence-electron chi connectivity index (χ4n) is 4.90. The second-order valence-electron chi connectivity index (χ2n) is 9.45. The van der Waals surface area contributed by atoms with Gasteiger partial charge in [0.2, 0.25) is 11.8 Å². The molecule has 0 spiro atoms. The highest BCUT2D eigenvalue weighted by atomic mass is 79.9. The number of nitrogens with one attached hydrogen (secondary N) is 2. The molecule has 0 aromatic heterocycles. The fraction of sp³-hybridized carbons (Fsp3) is 0.444. The summed E-state index contributed by atoms with van der Waals surface area (Å²) in [7, 11) is 0. The number of hydrogen-bond acceptors (Lipinski definition) is 3. The zero-order chi connectivity index (χ0) is 25.5. The second kappa shape index (κ2) is 12.6. The molecule has 192 valence electrons. The first-order valence-corrected chi connectivity index (χ1v) is 13.7. The van der Waals surface area contributed by atoms with E-state index in [0.29, 0.717) is 43.1 Å². The summed E-state index contributed by atoms with van der Waals surface area (Å²) < 4.78 is 0.803. The van der Waals surface area contributed by atoms with Gasteiger partial charge in [-0.2, -0.15) is 0 Å². The third kappa shape index (κ3) is 7.01. The van der Waals surface area contributed by atoms with Crippen LogP contribution in [0.4, 0.5) is 10.5 Å². The molecule has 2 aromatic carbocycles. The summed E-state index contributed by atoms with van der Waals surface area (Å²) in [5.74, 6) is 0.0572. The molecule has 36 heavy (non-hydrogen) atoms. The molecule has 0 unspecified atom stereocenters. The monoisotopic (exact) mass is 574 g/mol. The number of urea groups is 1. The average molecular weight is 576 g/mol. The lowest BCUT2D eigenvalue weighted by Gasteiger charge is -2.37. The van der Waals surface area contributed by atoms with Gasteiger partial charge in [-0.25, -0.2) is 4.79 Å². The zero-order valence-corrected chi connectivity index (χ0v) is 22.6. The Morgan fingerprint density at radius 1 is 0.944 bits per heavy atom. The molecule has 0 radical (unpaired) electrons. The van der Waals surface area contributed by atoms with Gasteiger partial charge in [0.25, 0.3) is 0 Å². The van der Waals surface area contributed by atoms with Gasteiger partial charge < -0.3 is 20.4 Å². The molecule has 2 heterocycles. The summed E-state index contributed by atoms with van der Waals surface area (Å²) in [4.78, 5) is 43.1. The Balaban J connectivity index is 1.39. The molecule has 2 N–H and O–H groups in total. The van der Waals surface area contributed by atoms with Crippen molar-refractivity contribution in [1.29, 1.82) is 0 Å². The van der Waals surface area contributed by atoms with E-state index in [4.69, 9.17) is 11.6 Å². The topological polar surface area (TPSA) is 81.8 Å². The first kappa shape index (κ1) is 26.5. The van der Waals surface area contributed by atoms with Crippen molar-refractivity contribution in [2.75, 3.05) is 31.5 Å². The SMILES string of the molecule is O=C(Nc1ccc(Br)cc1Cl)N[C@@H](Cc1ccccc1)C(=O)N1CCC(C(=O)N2CCCCC2)CC1. The maximum atomic E-state index is 13.5. The van der Waals surface area contributed by atoms with E-state index in [0.717, 1.165) is 36.0 Å². The Hall–Kier alpha value is -2.58. The van der Waals surface area contributed by atoms with Crippen molar-refractivity contribution in [1.82, 2.24) is 15.1 Å². The number of benzene rings is 2. The predicted molar refractivity (Wildman–Crippen MR) is 145 cm³/mol. The van der Waals surface area contributed by atoms with Gasteiger partial charge in [0.05, 0.1) is 10.7 Å². The second-order valence-corrected chi connectivity index (χ2v) is 10.8. The van der Waals surface area contributed by atoms with Crippen LogP contribution in [-0.2, 0) is 16.0 Å². The molecule has 4 rings (SSSR count). The minimum atomic E-state index is -0.740. The fourth-order valence-corrected chi connectivity index (χ4v) is 5.62. The van der Waals surface area contributed by atoms with Gasteiger partial charge in [-0.15, -0.1) is 0 Å². The first-order valence-electron chi connectivity index (χ1n) is 12.5. The van der Waals surface area contributed by atoms with Gasteiger partial charge in [-0.05, 0) is 55.9 Å². The van der Waals surface area contributed by atoms with E-state index in [1.54, 1.807) is 23.1 Å². The predicted octanol–water partition coefficient (Wildman–Crippen LogP) is 5.09. The van der Waals surface area contributed by atoms with Crippen LogP contribution in [0.3, 0.4) is 0 Å². The lowest BCUT2D eigenvalue weighted by atomic mass is 9.93. The Morgan fingerprint density at radius 3 is 2.31 bits per heavy atom. The van der Waals surface area contributed by atoms with Crippen LogP contribution in [0.5, 0.6) is 0 Å². The van der Waals surface area contributed by atoms with E-state index in [-0.39, 0.29) is 17.7 Å². The van der Waals surface area contributed by atoms with Crippen LogP contribution in [0, 0.1) is 5.92 Å². The Kier molecular flexibility index (Phi) is 9.26. The lowest BCUT2D eigenvalue weighted by Crippen LogP contribution is -2.53. The molecule has 4 amide bonds. The number of amides is 4. The van der Waals surface area contributed by atoms with E-state index >= 15 is 0 Å². The summed E-state index contributed by atoms with van der Waals surface area (Å²) in [6.07, 6.45) is 5.01. The number of likely N-dealkylation sites (tertiary alicyclic amines) is 2.